The highest BCUT2D eigenvalue weighted by Gasteiger charge is 2.06. The van der Waals surface area contributed by atoms with Crippen LogP contribution in [0.15, 0.2) is 54.6 Å². The van der Waals surface area contributed by atoms with E-state index in [1.165, 1.54) is 0 Å². The monoisotopic (exact) mass is 314 g/mol. The molecule has 0 radical (unpaired) electrons. The Bertz CT molecular complexity index is 641. The van der Waals surface area contributed by atoms with Crippen LogP contribution in [0.5, 0.6) is 5.75 Å². The quantitative estimate of drug-likeness (QED) is 0.831. The molecule has 6 nitrogen and oxygen atoms in total. The standard InChI is InChI=1S/C17H18N2O4/c1-13-7-9-15(10-8-13)22-12-16(20)18-19-17(21)23-11-14-5-3-2-4-6-14/h2-10H,11-12H2,1H3,(H,18,20)(H,19,21). The van der Waals surface area contributed by atoms with Crippen molar-refractivity contribution in [3.8, 4) is 5.75 Å². The smallest absolute Gasteiger partial charge is 0.426 e. The average molecular weight is 314 g/mol. The van der Waals surface area contributed by atoms with Crippen molar-refractivity contribution in [2.75, 3.05) is 6.61 Å². The predicted octanol–water partition coefficient (Wildman–Crippen LogP) is 2.33. The molecule has 0 bridgehead atoms. The second-order valence-corrected chi connectivity index (χ2v) is 4.84. The summed E-state index contributed by atoms with van der Waals surface area (Å²) >= 11 is 0. The fourth-order valence-electron chi connectivity index (χ4n) is 1.70. The maximum atomic E-state index is 11.6. The van der Waals surface area contributed by atoms with E-state index in [0.717, 1.165) is 11.1 Å². The van der Waals surface area contributed by atoms with E-state index in [9.17, 15) is 9.59 Å². The van der Waals surface area contributed by atoms with E-state index < -0.39 is 12.0 Å². The van der Waals surface area contributed by atoms with Gasteiger partial charge < -0.3 is 9.47 Å². The second-order valence-electron chi connectivity index (χ2n) is 4.84. The predicted molar refractivity (Wildman–Crippen MR) is 84.6 cm³/mol. The Morgan fingerprint density at radius 2 is 1.65 bits per heavy atom. The summed E-state index contributed by atoms with van der Waals surface area (Å²) in [5.41, 5.74) is 6.33. The van der Waals surface area contributed by atoms with Gasteiger partial charge in [0.1, 0.15) is 12.4 Å². The molecule has 0 saturated carbocycles. The van der Waals surface area contributed by atoms with Crippen molar-refractivity contribution < 1.29 is 19.1 Å². The molecule has 2 amide bonds. The van der Waals surface area contributed by atoms with Gasteiger partial charge in [-0.25, -0.2) is 10.2 Å². The molecule has 0 saturated heterocycles. The summed E-state index contributed by atoms with van der Waals surface area (Å²) in [6.45, 7) is 1.88. The molecule has 23 heavy (non-hydrogen) atoms. The van der Waals surface area contributed by atoms with E-state index in [1.807, 2.05) is 49.4 Å². The highest BCUT2D eigenvalue weighted by atomic mass is 16.6. The zero-order valence-corrected chi connectivity index (χ0v) is 12.7. The SMILES string of the molecule is Cc1ccc(OCC(=O)NNC(=O)OCc2ccccc2)cc1. The number of benzene rings is 2. The summed E-state index contributed by atoms with van der Waals surface area (Å²) in [5.74, 6) is 0.0969. The number of hydrogen-bond acceptors (Lipinski definition) is 4. The summed E-state index contributed by atoms with van der Waals surface area (Å²) in [5, 5.41) is 0. The number of ether oxygens (including phenoxy) is 2. The van der Waals surface area contributed by atoms with Crippen LogP contribution in [0.1, 0.15) is 11.1 Å². The van der Waals surface area contributed by atoms with E-state index in [0.29, 0.717) is 5.75 Å². The molecule has 0 atom stereocenters. The molecule has 2 N–H and O–H groups in total. The normalized spacial score (nSPS) is 9.78. The van der Waals surface area contributed by atoms with Crippen LogP contribution in [0.4, 0.5) is 4.79 Å². The minimum Gasteiger partial charge on any atom is -0.484 e. The molecule has 0 aliphatic heterocycles. The number of carbonyl (C=O) groups is 2. The zero-order chi connectivity index (χ0) is 16.5. The van der Waals surface area contributed by atoms with Gasteiger partial charge in [0.25, 0.3) is 5.91 Å². The van der Waals surface area contributed by atoms with Gasteiger partial charge in [0.05, 0.1) is 0 Å². The molecule has 6 heteroatoms. The average Bonchev–Trinajstić information content (AvgIpc) is 2.58. The van der Waals surface area contributed by atoms with Crippen LogP contribution in [0.25, 0.3) is 0 Å². The van der Waals surface area contributed by atoms with Crippen LogP contribution in [-0.2, 0) is 16.1 Å². The third-order valence-electron chi connectivity index (χ3n) is 2.91. The Hall–Kier alpha value is -3.02. The van der Waals surface area contributed by atoms with Crippen LogP contribution < -0.4 is 15.6 Å². The third kappa shape index (κ3) is 6.09. The number of hydrazine groups is 1. The number of aryl methyl sites for hydroxylation is 1. The van der Waals surface area contributed by atoms with Crippen molar-refractivity contribution in [1.29, 1.82) is 0 Å². The van der Waals surface area contributed by atoms with E-state index in [1.54, 1.807) is 12.1 Å². The van der Waals surface area contributed by atoms with Crippen molar-refractivity contribution in [3.63, 3.8) is 0 Å². The lowest BCUT2D eigenvalue weighted by atomic mass is 10.2. The molecule has 0 unspecified atom stereocenters. The highest BCUT2D eigenvalue weighted by Crippen LogP contribution is 2.10. The number of nitrogens with one attached hydrogen (secondary N) is 2. The van der Waals surface area contributed by atoms with Crippen LogP contribution in [0, 0.1) is 6.92 Å². The van der Waals surface area contributed by atoms with Gasteiger partial charge in [-0.05, 0) is 24.6 Å². The molecule has 0 spiro atoms. The summed E-state index contributed by atoms with van der Waals surface area (Å²) in [4.78, 5) is 23.0. The Balaban J connectivity index is 1.63. The summed E-state index contributed by atoms with van der Waals surface area (Å²) in [7, 11) is 0. The number of amides is 2. The van der Waals surface area contributed by atoms with E-state index in [2.05, 4.69) is 10.9 Å². The van der Waals surface area contributed by atoms with Crippen molar-refractivity contribution in [3.05, 3.63) is 65.7 Å². The van der Waals surface area contributed by atoms with E-state index in [-0.39, 0.29) is 13.2 Å². The summed E-state index contributed by atoms with van der Waals surface area (Å²) in [6, 6.07) is 16.5. The molecule has 2 aromatic rings. The van der Waals surface area contributed by atoms with E-state index in [4.69, 9.17) is 9.47 Å². The summed E-state index contributed by atoms with van der Waals surface area (Å²) < 4.78 is 10.2. The zero-order valence-electron chi connectivity index (χ0n) is 12.7. The summed E-state index contributed by atoms with van der Waals surface area (Å²) in [6.07, 6.45) is -0.738. The topological polar surface area (TPSA) is 76.7 Å². The van der Waals surface area contributed by atoms with Gasteiger partial charge >= 0.3 is 6.09 Å². The minimum atomic E-state index is -0.738. The second kappa shape index (κ2) is 8.43. The number of rotatable bonds is 5. The van der Waals surface area contributed by atoms with Crippen molar-refractivity contribution in [1.82, 2.24) is 10.9 Å². The fraction of sp³-hybridized carbons (Fsp3) is 0.176. The number of carbonyl (C=O) groups excluding carboxylic acids is 2. The number of hydrogen-bond donors (Lipinski definition) is 2. The first-order valence-electron chi connectivity index (χ1n) is 7.08. The van der Waals surface area contributed by atoms with Gasteiger partial charge in [-0.3, -0.25) is 10.2 Å². The Morgan fingerprint density at radius 1 is 0.957 bits per heavy atom. The Labute approximate surface area is 134 Å². The van der Waals surface area contributed by atoms with Gasteiger partial charge in [0.15, 0.2) is 6.61 Å². The van der Waals surface area contributed by atoms with Crippen molar-refractivity contribution in [2.45, 2.75) is 13.5 Å². The Morgan fingerprint density at radius 3 is 2.35 bits per heavy atom. The molecular formula is C17H18N2O4. The van der Waals surface area contributed by atoms with Crippen LogP contribution in [0.2, 0.25) is 0 Å². The molecular weight excluding hydrogens is 296 g/mol. The maximum Gasteiger partial charge on any atom is 0.426 e. The van der Waals surface area contributed by atoms with Crippen molar-refractivity contribution >= 4 is 12.0 Å². The molecule has 0 aromatic heterocycles. The lowest BCUT2D eigenvalue weighted by molar-refractivity contribution is -0.124. The molecule has 0 aliphatic rings. The van der Waals surface area contributed by atoms with Crippen LogP contribution in [0.3, 0.4) is 0 Å². The molecule has 2 aromatic carbocycles. The highest BCUT2D eigenvalue weighted by molar-refractivity contribution is 5.80. The van der Waals surface area contributed by atoms with Gasteiger partial charge in [0.2, 0.25) is 0 Å². The lowest BCUT2D eigenvalue weighted by Crippen LogP contribution is -2.44. The first-order valence-corrected chi connectivity index (χ1v) is 7.08. The molecule has 2 rings (SSSR count). The molecule has 0 heterocycles. The van der Waals surface area contributed by atoms with Crippen molar-refractivity contribution in [2.24, 2.45) is 0 Å². The molecule has 0 aliphatic carbocycles. The fourth-order valence-corrected chi connectivity index (χ4v) is 1.70. The van der Waals surface area contributed by atoms with Gasteiger partial charge in [0, 0.05) is 0 Å². The first kappa shape index (κ1) is 16.4. The first-order chi connectivity index (χ1) is 11.1. The lowest BCUT2D eigenvalue weighted by Gasteiger charge is -2.09. The minimum absolute atomic E-state index is 0.127. The Kier molecular flexibility index (Phi) is 5.99. The van der Waals surface area contributed by atoms with Gasteiger partial charge in [-0.15, -0.1) is 0 Å². The van der Waals surface area contributed by atoms with Crippen LogP contribution >= 0.6 is 0 Å². The van der Waals surface area contributed by atoms with Gasteiger partial charge in [-0.2, -0.15) is 0 Å². The molecule has 120 valence electrons. The van der Waals surface area contributed by atoms with Gasteiger partial charge in [-0.1, -0.05) is 48.0 Å². The largest absolute Gasteiger partial charge is 0.484 e. The van der Waals surface area contributed by atoms with Crippen LogP contribution in [-0.4, -0.2) is 18.6 Å². The third-order valence-corrected chi connectivity index (χ3v) is 2.91. The maximum absolute atomic E-state index is 11.6. The van der Waals surface area contributed by atoms with E-state index >= 15 is 0 Å². The molecule has 0 fully saturated rings.